The molecule has 0 aliphatic carbocycles. The summed E-state index contributed by atoms with van der Waals surface area (Å²) in [6.45, 7) is 3.10. The van der Waals surface area contributed by atoms with E-state index in [2.05, 4.69) is 31.9 Å². The first-order valence-corrected chi connectivity index (χ1v) is 6.48. The Morgan fingerprint density at radius 3 is 3.00 bits per heavy atom. The fourth-order valence-electron chi connectivity index (χ4n) is 1.61. The molecule has 0 radical (unpaired) electrons. The molecular weight excluding hydrogens is 236 g/mol. The van der Waals surface area contributed by atoms with E-state index < -0.39 is 0 Å². The Morgan fingerprint density at radius 1 is 1.53 bits per heavy atom. The minimum atomic E-state index is 0.164. The molecule has 0 spiro atoms. The Morgan fingerprint density at radius 2 is 2.41 bits per heavy atom. The van der Waals surface area contributed by atoms with Crippen molar-refractivity contribution in [2.45, 2.75) is 25.8 Å². The van der Waals surface area contributed by atoms with Gasteiger partial charge in [-0.25, -0.2) is 4.98 Å². The first-order valence-electron chi connectivity index (χ1n) is 5.64. The molecule has 0 amide bonds. The zero-order chi connectivity index (χ0) is 12.1. The predicted octanol–water partition coefficient (Wildman–Crippen LogP) is 0.950. The van der Waals surface area contributed by atoms with Gasteiger partial charge in [-0.1, -0.05) is 11.4 Å². The van der Waals surface area contributed by atoms with Crippen molar-refractivity contribution in [1.29, 1.82) is 0 Å². The number of nitrogens with one attached hydrogen (secondary N) is 1. The molecule has 6 nitrogen and oxygen atoms in total. The quantitative estimate of drug-likeness (QED) is 0.829. The molecule has 2 rings (SSSR count). The van der Waals surface area contributed by atoms with Crippen molar-refractivity contribution in [2.75, 3.05) is 6.54 Å². The lowest BCUT2D eigenvalue weighted by atomic mass is 10.1. The molecule has 17 heavy (non-hydrogen) atoms. The SMILES string of the molecule is CCCNC(Cc1ncnn1C)c1csnn1. The van der Waals surface area contributed by atoms with Crippen LogP contribution in [0.3, 0.4) is 0 Å². The summed E-state index contributed by atoms with van der Waals surface area (Å²) >= 11 is 1.37. The molecule has 0 saturated carbocycles. The molecule has 2 heterocycles. The first kappa shape index (κ1) is 12.1. The minimum absolute atomic E-state index is 0.164. The zero-order valence-corrected chi connectivity index (χ0v) is 10.8. The lowest BCUT2D eigenvalue weighted by Crippen LogP contribution is -2.25. The van der Waals surface area contributed by atoms with E-state index in [9.17, 15) is 0 Å². The summed E-state index contributed by atoms with van der Waals surface area (Å²) in [5.41, 5.74) is 0.978. The van der Waals surface area contributed by atoms with Crippen LogP contribution < -0.4 is 5.32 Å². The monoisotopic (exact) mass is 252 g/mol. The molecule has 2 aromatic heterocycles. The fourth-order valence-corrected chi connectivity index (χ4v) is 2.12. The van der Waals surface area contributed by atoms with Gasteiger partial charge in [0.05, 0.1) is 11.7 Å². The molecule has 2 aromatic rings. The average molecular weight is 252 g/mol. The van der Waals surface area contributed by atoms with E-state index in [0.717, 1.165) is 30.9 Å². The van der Waals surface area contributed by atoms with Crippen molar-refractivity contribution in [3.05, 3.63) is 23.2 Å². The van der Waals surface area contributed by atoms with E-state index in [1.54, 1.807) is 11.0 Å². The highest BCUT2D eigenvalue weighted by atomic mass is 32.1. The fraction of sp³-hybridized carbons (Fsp3) is 0.600. The standard InChI is InChI=1S/C10H16N6S/c1-3-4-11-8(9-6-17-15-14-9)5-10-12-7-13-16(10)2/h6-8,11H,3-5H2,1-2H3. The van der Waals surface area contributed by atoms with Gasteiger partial charge in [-0.3, -0.25) is 4.68 Å². The van der Waals surface area contributed by atoms with Gasteiger partial charge in [-0.15, -0.1) is 5.10 Å². The maximum absolute atomic E-state index is 4.24. The lowest BCUT2D eigenvalue weighted by molar-refractivity contribution is 0.496. The maximum atomic E-state index is 4.24. The Hall–Kier alpha value is -1.34. The van der Waals surface area contributed by atoms with Gasteiger partial charge in [0.25, 0.3) is 0 Å². The Kier molecular flexibility index (Phi) is 4.16. The summed E-state index contributed by atoms with van der Waals surface area (Å²) in [7, 11) is 1.90. The number of hydrogen-bond donors (Lipinski definition) is 1. The van der Waals surface area contributed by atoms with Crippen molar-refractivity contribution in [2.24, 2.45) is 7.05 Å². The van der Waals surface area contributed by atoms with Gasteiger partial charge in [0, 0.05) is 18.8 Å². The normalized spacial score (nSPS) is 12.8. The second-order valence-corrected chi connectivity index (χ2v) is 4.45. The van der Waals surface area contributed by atoms with E-state index in [0.29, 0.717) is 0 Å². The van der Waals surface area contributed by atoms with Crippen LogP contribution in [0.1, 0.15) is 30.9 Å². The zero-order valence-electron chi connectivity index (χ0n) is 10.00. The molecule has 1 N–H and O–H groups in total. The molecular formula is C10H16N6S. The summed E-state index contributed by atoms with van der Waals surface area (Å²) in [5.74, 6) is 0.951. The Labute approximate surface area is 104 Å². The van der Waals surface area contributed by atoms with Crippen LogP contribution in [-0.4, -0.2) is 30.9 Å². The molecule has 92 valence electrons. The summed E-state index contributed by atoms with van der Waals surface area (Å²) in [6.07, 6.45) is 3.44. The second-order valence-electron chi connectivity index (χ2n) is 3.84. The molecule has 0 fully saturated rings. The van der Waals surface area contributed by atoms with Gasteiger partial charge in [-0.05, 0) is 24.5 Å². The summed E-state index contributed by atoms with van der Waals surface area (Å²) in [6, 6.07) is 0.164. The van der Waals surface area contributed by atoms with E-state index >= 15 is 0 Å². The van der Waals surface area contributed by atoms with Crippen LogP contribution in [0.5, 0.6) is 0 Å². The smallest absolute Gasteiger partial charge is 0.138 e. The Bertz CT molecular complexity index is 437. The van der Waals surface area contributed by atoms with Gasteiger partial charge < -0.3 is 5.32 Å². The molecule has 0 saturated heterocycles. The third-order valence-electron chi connectivity index (χ3n) is 2.57. The highest BCUT2D eigenvalue weighted by molar-refractivity contribution is 7.03. The predicted molar refractivity (Wildman–Crippen MR) is 65.7 cm³/mol. The summed E-state index contributed by atoms with van der Waals surface area (Å²) in [4.78, 5) is 4.24. The first-order chi connectivity index (χ1) is 8.31. The van der Waals surface area contributed by atoms with Crippen LogP contribution in [0.15, 0.2) is 11.7 Å². The van der Waals surface area contributed by atoms with Gasteiger partial charge in [-0.2, -0.15) is 5.10 Å². The van der Waals surface area contributed by atoms with Crippen molar-refractivity contribution in [1.82, 2.24) is 29.7 Å². The third-order valence-corrected chi connectivity index (χ3v) is 3.09. The van der Waals surface area contributed by atoms with Gasteiger partial charge in [0.15, 0.2) is 0 Å². The number of hydrogen-bond acceptors (Lipinski definition) is 6. The van der Waals surface area contributed by atoms with Crippen molar-refractivity contribution < 1.29 is 0 Å². The van der Waals surface area contributed by atoms with E-state index in [1.165, 1.54) is 11.5 Å². The highest BCUT2D eigenvalue weighted by Gasteiger charge is 2.16. The van der Waals surface area contributed by atoms with Crippen molar-refractivity contribution in [3.8, 4) is 0 Å². The van der Waals surface area contributed by atoms with Crippen LogP contribution in [0.25, 0.3) is 0 Å². The molecule has 0 bridgehead atoms. The number of nitrogens with zero attached hydrogens (tertiary/aromatic N) is 5. The average Bonchev–Trinajstić information content (AvgIpc) is 2.96. The van der Waals surface area contributed by atoms with Crippen LogP contribution in [-0.2, 0) is 13.5 Å². The van der Waals surface area contributed by atoms with Gasteiger partial charge in [0.1, 0.15) is 12.2 Å². The third kappa shape index (κ3) is 3.07. The van der Waals surface area contributed by atoms with E-state index in [-0.39, 0.29) is 6.04 Å². The maximum Gasteiger partial charge on any atom is 0.138 e. The minimum Gasteiger partial charge on any atom is -0.308 e. The molecule has 1 atom stereocenters. The van der Waals surface area contributed by atoms with Gasteiger partial charge >= 0.3 is 0 Å². The van der Waals surface area contributed by atoms with Crippen LogP contribution in [0.4, 0.5) is 0 Å². The molecule has 0 aliphatic heterocycles. The molecule has 7 heteroatoms. The van der Waals surface area contributed by atoms with E-state index in [1.807, 2.05) is 12.4 Å². The lowest BCUT2D eigenvalue weighted by Gasteiger charge is -2.15. The van der Waals surface area contributed by atoms with E-state index in [4.69, 9.17) is 0 Å². The summed E-state index contributed by atoms with van der Waals surface area (Å²) < 4.78 is 5.70. The largest absolute Gasteiger partial charge is 0.308 e. The topological polar surface area (TPSA) is 68.5 Å². The summed E-state index contributed by atoms with van der Waals surface area (Å²) in [5, 5.41) is 13.6. The van der Waals surface area contributed by atoms with Crippen LogP contribution in [0.2, 0.25) is 0 Å². The molecule has 1 unspecified atom stereocenters. The molecule has 0 aromatic carbocycles. The van der Waals surface area contributed by atoms with Crippen molar-refractivity contribution in [3.63, 3.8) is 0 Å². The van der Waals surface area contributed by atoms with Crippen LogP contribution in [0, 0.1) is 0 Å². The highest BCUT2D eigenvalue weighted by Crippen LogP contribution is 2.15. The number of aromatic nitrogens is 5. The number of rotatable bonds is 6. The second kappa shape index (κ2) is 5.83. The van der Waals surface area contributed by atoms with Crippen molar-refractivity contribution >= 4 is 11.5 Å². The van der Waals surface area contributed by atoms with Crippen LogP contribution >= 0.6 is 11.5 Å². The Balaban J connectivity index is 2.08. The van der Waals surface area contributed by atoms with Gasteiger partial charge in [0.2, 0.25) is 0 Å². The molecule has 0 aliphatic rings. The number of aryl methyl sites for hydroxylation is 1.